The van der Waals surface area contributed by atoms with Crippen molar-refractivity contribution in [1.29, 1.82) is 0 Å². The van der Waals surface area contributed by atoms with Crippen LogP contribution >= 0.6 is 11.6 Å². The molecular formula is C29H25ClF3NO7. The number of nitrogens with one attached hydrogen (secondary N) is 1. The molecule has 8 nitrogen and oxygen atoms in total. The molecule has 3 aromatic rings. The molecule has 41 heavy (non-hydrogen) atoms. The number of hydrogen-bond donors (Lipinski definition) is 1. The van der Waals surface area contributed by atoms with Crippen LogP contribution in [0.5, 0.6) is 17.2 Å². The first-order valence-corrected chi connectivity index (χ1v) is 12.8. The van der Waals surface area contributed by atoms with Gasteiger partial charge in [0.05, 0.1) is 5.56 Å². The molecule has 12 heteroatoms. The zero-order valence-corrected chi connectivity index (χ0v) is 22.6. The van der Waals surface area contributed by atoms with Gasteiger partial charge in [0.1, 0.15) is 29.9 Å². The first-order chi connectivity index (χ1) is 19.4. The number of rotatable bonds is 8. The molecule has 0 radical (unpaired) electrons. The van der Waals surface area contributed by atoms with Gasteiger partial charge in [0, 0.05) is 11.1 Å². The number of fused-ring (bicyclic) bond motifs is 1. The van der Waals surface area contributed by atoms with E-state index in [-0.39, 0.29) is 23.7 Å². The predicted octanol–water partition coefficient (Wildman–Crippen LogP) is 6.15. The van der Waals surface area contributed by atoms with E-state index in [1.165, 1.54) is 36.4 Å². The first-order valence-electron chi connectivity index (χ1n) is 12.4. The Hall–Kier alpha value is -4.25. The van der Waals surface area contributed by atoms with Crippen molar-refractivity contribution in [2.24, 2.45) is 5.92 Å². The lowest BCUT2D eigenvalue weighted by Gasteiger charge is -2.33. The van der Waals surface area contributed by atoms with Crippen LogP contribution in [0.3, 0.4) is 0 Å². The zero-order chi connectivity index (χ0) is 29.7. The van der Waals surface area contributed by atoms with Gasteiger partial charge in [-0.05, 0) is 47.9 Å². The molecular weight excluding hydrogens is 567 g/mol. The van der Waals surface area contributed by atoms with E-state index >= 15 is 0 Å². The van der Waals surface area contributed by atoms with Crippen LogP contribution in [-0.2, 0) is 16.1 Å². The van der Waals surface area contributed by atoms with E-state index in [0.717, 1.165) is 11.6 Å². The van der Waals surface area contributed by atoms with E-state index in [9.17, 15) is 27.6 Å². The first kappa shape index (κ1) is 29.7. The van der Waals surface area contributed by atoms with Crippen molar-refractivity contribution >= 4 is 29.4 Å². The summed E-state index contributed by atoms with van der Waals surface area (Å²) in [6.45, 7) is 3.30. The molecule has 3 aromatic carbocycles. The van der Waals surface area contributed by atoms with Crippen molar-refractivity contribution in [3.8, 4) is 17.2 Å². The van der Waals surface area contributed by atoms with Crippen LogP contribution in [0.25, 0.3) is 0 Å². The third kappa shape index (κ3) is 7.49. The molecule has 1 amide bonds. The highest BCUT2D eigenvalue weighted by Crippen LogP contribution is 2.39. The monoisotopic (exact) mass is 591 g/mol. The van der Waals surface area contributed by atoms with Gasteiger partial charge in [-0.25, -0.2) is 9.59 Å². The molecule has 0 saturated heterocycles. The Balaban J connectivity index is 1.47. The number of alkyl halides is 3. The smallest absolute Gasteiger partial charge is 0.429 e. The van der Waals surface area contributed by atoms with Crippen LogP contribution in [0.4, 0.5) is 18.0 Å². The van der Waals surface area contributed by atoms with Crippen LogP contribution in [-0.4, -0.2) is 42.3 Å². The molecule has 0 aromatic heterocycles. The second-order valence-electron chi connectivity index (χ2n) is 9.44. The third-order valence-electron chi connectivity index (χ3n) is 6.03. The van der Waals surface area contributed by atoms with E-state index in [1.807, 2.05) is 6.07 Å². The summed E-state index contributed by atoms with van der Waals surface area (Å²) in [4.78, 5) is 38.3. The molecule has 1 N–H and O–H groups in total. The van der Waals surface area contributed by atoms with Crippen LogP contribution in [0.1, 0.15) is 29.8 Å². The molecule has 0 saturated carbocycles. The Morgan fingerprint density at radius 2 is 1.66 bits per heavy atom. The summed E-state index contributed by atoms with van der Waals surface area (Å²) in [7, 11) is 0. The maximum absolute atomic E-state index is 13.9. The molecule has 0 aliphatic carbocycles. The number of esters is 1. The van der Waals surface area contributed by atoms with Gasteiger partial charge in [0.2, 0.25) is 18.0 Å². The molecule has 216 valence electrons. The number of amides is 1. The number of Topliss-reactive ketones (excluding diaryl/α,β-unsaturated/α-hetero) is 1. The van der Waals surface area contributed by atoms with Crippen LogP contribution in [0.15, 0.2) is 72.8 Å². The summed E-state index contributed by atoms with van der Waals surface area (Å²) in [5.41, 5.74) is 0.556. The lowest BCUT2D eigenvalue weighted by Crippen LogP contribution is -2.53. The van der Waals surface area contributed by atoms with Gasteiger partial charge in [-0.15, -0.1) is 0 Å². The Labute approximate surface area is 238 Å². The number of ketones is 1. The average Bonchev–Trinajstić information content (AvgIpc) is 2.92. The molecule has 1 aliphatic heterocycles. The fourth-order valence-corrected chi connectivity index (χ4v) is 4.07. The highest BCUT2D eigenvalue weighted by Gasteiger charge is 2.54. The molecule has 1 heterocycles. The summed E-state index contributed by atoms with van der Waals surface area (Å²) in [5.74, 6) is -2.92. The number of carbonyl (C=O) groups excluding carboxylic acids is 3. The highest BCUT2D eigenvalue weighted by molar-refractivity contribution is 6.30. The van der Waals surface area contributed by atoms with Crippen molar-refractivity contribution in [2.75, 3.05) is 0 Å². The quantitative estimate of drug-likeness (QED) is 0.248. The van der Waals surface area contributed by atoms with Gasteiger partial charge in [-0.3, -0.25) is 4.79 Å². The molecule has 4 rings (SSSR count). The van der Waals surface area contributed by atoms with Gasteiger partial charge in [0.25, 0.3) is 0 Å². The van der Waals surface area contributed by atoms with Gasteiger partial charge in [-0.2, -0.15) is 13.2 Å². The number of alkyl carbamates (subject to hydrolysis) is 1. The highest BCUT2D eigenvalue weighted by atomic mass is 35.5. The fourth-order valence-electron chi connectivity index (χ4n) is 3.94. The molecule has 3 unspecified atom stereocenters. The summed E-state index contributed by atoms with van der Waals surface area (Å²) >= 11 is 5.81. The summed E-state index contributed by atoms with van der Waals surface area (Å²) < 4.78 is 62.7. The number of halogens is 4. The Morgan fingerprint density at radius 1 is 1.00 bits per heavy atom. The standard InChI is InChI=1S/C29H25ClF3NO7/c1-16(2)23(34-28(37)38-15-17-6-4-3-5-7-17)27(36)40-20-12-13-21-22(14-20)41-26(29(31,32)33)25(24(21)35)39-19-10-8-18(30)9-11-19/h3-14,16,23,25-26H,15H2,1-2H3,(H,34,37). The molecule has 3 atom stereocenters. The van der Waals surface area contributed by atoms with Crippen LogP contribution < -0.4 is 19.5 Å². The minimum absolute atomic E-state index is 0.00544. The SMILES string of the molecule is CC(C)C(NC(=O)OCc1ccccc1)C(=O)Oc1ccc2c(c1)OC(C(F)(F)F)C(Oc1ccc(Cl)cc1)C2=O. The molecule has 0 spiro atoms. The lowest BCUT2D eigenvalue weighted by atomic mass is 9.97. The maximum atomic E-state index is 13.9. The number of benzene rings is 3. The van der Waals surface area contributed by atoms with Crippen molar-refractivity contribution < 1.29 is 46.5 Å². The topological polar surface area (TPSA) is 100 Å². The normalized spacial score (nSPS) is 17.2. The number of carbonyl (C=O) groups is 3. The molecule has 1 aliphatic rings. The number of ether oxygens (including phenoxy) is 4. The fraction of sp³-hybridized carbons (Fsp3) is 0.276. The van der Waals surface area contributed by atoms with Gasteiger partial charge < -0.3 is 24.3 Å². The van der Waals surface area contributed by atoms with Crippen molar-refractivity contribution in [3.05, 3.63) is 88.9 Å². The van der Waals surface area contributed by atoms with Crippen LogP contribution in [0, 0.1) is 5.92 Å². The van der Waals surface area contributed by atoms with E-state index in [0.29, 0.717) is 5.02 Å². The van der Waals surface area contributed by atoms with E-state index in [2.05, 4.69) is 5.32 Å². The van der Waals surface area contributed by atoms with Crippen molar-refractivity contribution in [3.63, 3.8) is 0 Å². The van der Waals surface area contributed by atoms with Crippen molar-refractivity contribution in [2.45, 2.75) is 44.9 Å². The average molecular weight is 592 g/mol. The Morgan fingerprint density at radius 3 is 2.29 bits per heavy atom. The summed E-state index contributed by atoms with van der Waals surface area (Å²) in [5, 5.41) is 2.78. The minimum Gasteiger partial charge on any atom is -0.478 e. The Kier molecular flexibility index (Phi) is 9.07. The second kappa shape index (κ2) is 12.5. The summed E-state index contributed by atoms with van der Waals surface area (Å²) in [6, 6.07) is 16.7. The number of hydrogen-bond acceptors (Lipinski definition) is 7. The minimum atomic E-state index is -4.97. The van der Waals surface area contributed by atoms with E-state index < -0.39 is 53.9 Å². The van der Waals surface area contributed by atoms with E-state index in [1.54, 1.807) is 38.1 Å². The van der Waals surface area contributed by atoms with Crippen molar-refractivity contribution in [1.82, 2.24) is 5.32 Å². The summed E-state index contributed by atoms with van der Waals surface area (Å²) in [6.07, 6.45) is -10.5. The van der Waals surface area contributed by atoms with Crippen LogP contribution in [0.2, 0.25) is 5.02 Å². The second-order valence-corrected chi connectivity index (χ2v) is 9.88. The zero-order valence-electron chi connectivity index (χ0n) is 21.8. The third-order valence-corrected chi connectivity index (χ3v) is 6.28. The van der Waals surface area contributed by atoms with Gasteiger partial charge >= 0.3 is 18.2 Å². The van der Waals surface area contributed by atoms with Gasteiger partial charge in [0.15, 0.2) is 0 Å². The molecule has 0 bridgehead atoms. The molecule has 0 fully saturated rings. The maximum Gasteiger partial charge on any atom is 0.429 e. The Bertz CT molecular complexity index is 1400. The largest absolute Gasteiger partial charge is 0.478 e. The van der Waals surface area contributed by atoms with E-state index in [4.69, 9.17) is 30.5 Å². The predicted molar refractivity (Wildman–Crippen MR) is 141 cm³/mol. The van der Waals surface area contributed by atoms with Gasteiger partial charge in [-0.1, -0.05) is 55.8 Å². The lowest BCUT2D eigenvalue weighted by molar-refractivity contribution is -0.213.